The molecular formula is C15H21N5O6S. The summed E-state index contributed by atoms with van der Waals surface area (Å²) in [5.74, 6) is -1.50. The van der Waals surface area contributed by atoms with Crippen LogP contribution in [-0.4, -0.2) is 66.5 Å². The number of esters is 1. The molecule has 2 rings (SSSR count). The van der Waals surface area contributed by atoms with E-state index in [0.29, 0.717) is 0 Å². The number of nitrogens with zero attached hydrogens (tertiary/aromatic N) is 3. The lowest BCUT2D eigenvalue weighted by Gasteiger charge is -2.36. The second-order valence-corrected chi connectivity index (χ2v) is 6.86. The van der Waals surface area contributed by atoms with Gasteiger partial charge in [-0.2, -0.15) is 0 Å². The van der Waals surface area contributed by atoms with Crippen LogP contribution in [0.1, 0.15) is 19.5 Å². The molecule has 0 radical (unpaired) electrons. The average Bonchev–Trinajstić information content (AvgIpc) is 3.05. The first-order valence-electron chi connectivity index (χ1n) is 8.05. The average molecular weight is 399 g/mol. The van der Waals surface area contributed by atoms with Crippen LogP contribution in [0.25, 0.3) is 0 Å². The maximum Gasteiger partial charge on any atom is 0.334 e. The topological polar surface area (TPSA) is 145 Å². The molecule has 148 valence electrons. The number of hydrogen-bond donors (Lipinski definition) is 2. The van der Waals surface area contributed by atoms with Crippen molar-refractivity contribution in [1.82, 2.24) is 15.4 Å². The molecule has 1 saturated heterocycles. The Morgan fingerprint density at radius 3 is 2.81 bits per heavy atom. The number of carbonyl (C=O) groups is 3. The molecule has 1 aliphatic heterocycles. The summed E-state index contributed by atoms with van der Waals surface area (Å²) in [6, 6.07) is -0.803. The van der Waals surface area contributed by atoms with Crippen molar-refractivity contribution in [3.63, 3.8) is 0 Å². The molecule has 0 aliphatic carbocycles. The number of oxime groups is 1. The zero-order valence-corrected chi connectivity index (χ0v) is 15.9. The van der Waals surface area contributed by atoms with Crippen LogP contribution in [0.3, 0.4) is 0 Å². The molecular weight excluding hydrogens is 378 g/mol. The molecule has 1 aliphatic rings. The number of amides is 2. The van der Waals surface area contributed by atoms with Crippen molar-refractivity contribution < 1.29 is 28.8 Å². The van der Waals surface area contributed by atoms with Crippen LogP contribution in [0, 0.1) is 5.92 Å². The molecule has 27 heavy (non-hydrogen) atoms. The highest BCUT2D eigenvalue weighted by Crippen LogP contribution is 2.14. The molecule has 0 aromatic carbocycles. The molecule has 2 heterocycles. The largest absolute Gasteiger partial charge is 0.464 e. The van der Waals surface area contributed by atoms with Gasteiger partial charge in [-0.05, 0) is 5.92 Å². The fraction of sp³-hybridized carbons (Fsp3) is 0.533. The first kappa shape index (κ1) is 20.6. The molecule has 1 atom stereocenters. The number of anilines is 1. The summed E-state index contributed by atoms with van der Waals surface area (Å²) in [6.07, 6.45) is 0. The Balaban J connectivity index is 1.82. The minimum absolute atomic E-state index is 0.0848. The van der Waals surface area contributed by atoms with Gasteiger partial charge in [0.1, 0.15) is 18.8 Å². The number of hydrogen-bond acceptors (Lipinski definition) is 10. The molecule has 1 aromatic rings. The molecule has 0 bridgehead atoms. The van der Waals surface area contributed by atoms with E-state index in [1.165, 1.54) is 7.11 Å². The van der Waals surface area contributed by atoms with Crippen LogP contribution in [0.2, 0.25) is 0 Å². The summed E-state index contributed by atoms with van der Waals surface area (Å²) in [5.41, 5.74) is 5.69. The smallest absolute Gasteiger partial charge is 0.334 e. The first-order valence-corrected chi connectivity index (χ1v) is 8.93. The highest BCUT2D eigenvalue weighted by atomic mass is 32.1. The van der Waals surface area contributed by atoms with E-state index in [1.807, 2.05) is 13.8 Å². The highest BCUT2D eigenvalue weighted by Gasteiger charge is 2.40. The van der Waals surface area contributed by atoms with Crippen LogP contribution in [0.15, 0.2) is 10.5 Å². The van der Waals surface area contributed by atoms with E-state index in [2.05, 4.69) is 20.3 Å². The second-order valence-electron chi connectivity index (χ2n) is 5.97. The van der Waals surface area contributed by atoms with E-state index in [4.69, 9.17) is 15.3 Å². The lowest BCUT2D eigenvalue weighted by Crippen LogP contribution is -2.64. The van der Waals surface area contributed by atoms with E-state index >= 15 is 0 Å². The van der Waals surface area contributed by atoms with Crippen molar-refractivity contribution in [2.45, 2.75) is 19.9 Å². The van der Waals surface area contributed by atoms with Gasteiger partial charge in [-0.3, -0.25) is 14.4 Å². The van der Waals surface area contributed by atoms with Crippen LogP contribution >= 0.6 is 11.3 Å². The molecule has 1 fully saturated rings. The molecule has 11 nitrogen and oxygen atoms in total. The van der Waals surface area contributed by atoms with Gasteiger partial charge in [0.05, 0.1) is 13.2 Å². The van der Waals surface area contributed by atoms with Crippen molar-refractivity contribution >= 4 is 40.0 Å². The third-order valence-electron chi connectivity index (χ3n) is 3.28. The summed E-state index contributed by atoms with van der Waals surface area (Å²) < 4.78 is 4.94. The minimum atomic E-state index is -0.803. The maximum atomic E-state index is 12.3. The Bertz CT molecular complexity index is 734. The van der Waals surface area contributed by atoms with Gasteiger partial charge in [-0.25, -0.2) is 14.8 Å². The lowest BCUT2D eigenvalue weighted by atomic mass is 10.1. The van der Waals surface area contributed by atoms with Crippen molar-refractivity contribution in [2.75, 3.05) is 32.6 Å². The Morgan fingerprint density at radius 1 is 1.52 bits per heavy atom. The van der Waals surface area contributed by atoms with Gasteiger partial charge in [0, 0.05) is 5.38 Å². The van der Waals surface area contributed by atoms with Gasteiger partial charge in [0.2, 0.25) is 0 Å². The zero-order valence-electron chi connectivity index (χ0n) is 15.1. The van der Waals surface area contributed by atoms with E-state index in [9.17, 15) is 14.4 Å². The Labute approximate surface area is 159 Å². The van der Waals surface area contributed by atoms with E-state index in [0.717, 1.165) is 16.4 Å². The molecule has 1 aromatic heterocycles. The molecule has 2 amide bonds. The van der Waals surface area contributed by atoms with Gasteiger partial charge in [-0.15, -0.1) is 11.3 Å². The quantitative estimate of drug-likeness (QED) is 0.245. The normalized spacial score (nSPS) is 16.9. The van der Waals surface area contributed by atoms with Crippen LogP contribution in [-0.2, 0) is 28.8 Å². The number of β-lactam (4-membered cyclic amide) rings is 1. The van der Waals surface area contributed by atoms with Crippen molar-refractivity contribution in [3.05, 3.63) is 11.1 Å². The van der Waals surface area contributed by atoms with E-state index in [1.54, 1.807) is 5.38 Å². The van der Waals surface area contributed by atoms with Crippen LogP contribution < -0.4 is 11.1 Å². The molecule has 0 saturated carbocycles. The number of ether oxygens (including phenoxy) is 1. The fourth-order valence-electron chi connectivity index (χ4n) is 1.97. The molecule has 0 spiro atoms. The number of rotatable bonds is 9. The molecule has 3 N–H and O–H groups in total. The summed E-state index contributed by atoms with van der Waals surface area (Å²) >= 11 is 1.14. The number of nitrogens with one attached hydrogen (secondary N) is 1. The SMILES string of the molecule is CON=C(C(=O)N[C@H]1CN(OCC(=O)OCC(C)C)C1=O)c1csc(N)n1. The third-order valence-corrected chi connectivity index (χ3v) is 3.95. The number of aromatic nitrogens is 1. The van der Waals surface area contributed by atoms with Crippen molar-refractivity contribution in [1.29, 1.82) is 0 Å². The monoisotopic (exact) mass is 399 g/mol. The number of thiazole rings is 1. The van der Waals surface area contributed by atoms with Gasteiger partial charge < -0.3 is 20.6 Å². The predicted octanol–water partition coefficient (Wildman–Crippen LogP) is -0.466. The van der Waals surface area contributed by atoms with Crippen molar-refractivity contribution in [3.8, 4) is 0 Å². The Morgan fingerprint density at radius 2 is 2.26 bits per heavy atom. The maximum absolute atomic E-state index is 12.3. The Hall–Kier alpha value is -2.73. The zero-order chi connectivity index (χ0) is 20.0. The second kappa shape index (κ2) is 9.28. The number of hydroxylamine groups is 2. The fourth-order valence-corrected chi connectivity index (χ4v) is 2.52. The van der Waals surface area contributed by atoms with Gasteiger partial charge in [0.15, 0.2) is 17.5 Å². The number of nitrogens with two attached hydrogens (primary N) is 1. The summed E-state index contributed by atoms with van der Waals surface area (Å²) in [7, 11) is 1.28. The molecule has 0 unspecified atom stereocenters. The predicted molar refractivity (Wildman–Crippen MR) is 95.5 cm³/mol. The van der Waals surface area contributed by atoms with Crippen molar-refractivity contribution in [2.24, 2.45) is 11.1 Å². The lowest BCUT2D eigenvalue weighted by molar-refractivity contribution is -0.218. The van der Waals surface area contributed by atoms with Gasteiger partial charge in [-0.1, -0.05) is 19.0 Å². The number of carbonyl (C=O) groups excluding carboxylic acids is 3. The Kier molecular flexibility index (Phi) is 7.07. The molecule has 12 heteroatoms. The summed E-state index contributed by atoms with van der Waals surface area (Å²) in [4.78, 5) is 49.5. The minimum Gasteiger partial charge on any atom is -0.464 e. The first-order chi connectivity index (χ1) is 12.8. The highest BCUT2D eigenvalue weighted by molar-refractivity contribution is 7.13. The summed E-state index contributed by atoms with van der Waals surface area (Å²) in [6.45, 7) is 3.79. The standard InChI is InChI=1S/C15H21N5O6S/c1-8(2)5-25-11(21)6-26-20-4-9(14(20)23)17-13(22)12(19-24-3)10-7-27-15(16)18-10/h7-9H,4-6H2,1-3H3,(H2,16,18)(H,17,22)/t9-/m0/s1. The van der Waals surface area contributed by atoms with Crippen LogP contribution in [0.4, 0.5) is 5.13 Å². The van der Waals surface area contributed by atoms with Crippen LogP contribution in [0.5, 0.6) is 0 Å². The van der Waals surface area contributed by atoms with Gasteiger partial charge >= 0.3 is 5.97 Å². The van der Waals surface area contributed by atoms with E-state index < -0.39 is 23.8 Å². The number of nitrogen functional groups attached to an aromatic ring is 1. The summed E-state index contributed by atoms with van der Waals surface area (Å²) in [5, 5.41) is 8.94. The van der Waals surface area contributed by atoms with Gasteiger partial charge in [0.25, 0.3) is 11.8 Å². The van der Waals surface area contributed by atoms with E-state index in [-0.39, 0.29) is 42.2 Å². The third kappa shape index (κ3) is 5.62.